The summed E-state index contributed by atoms with van der Waals surface area (Å²) in [6, 6.07) is 2.88. The molecule has 0 unspecified atom stereocenters. The number of halogens is 1. The number of ether oxygens (including phenoxy) is 1. The molecule has 0 atom stereocenters. The maximum absolute atomic E-state index is 11.2. The molecule has 0 amide bonds. The van der Waals surface area contributed by atoms with Crippen molar-refractivity contribution in [2.75, 3.05) is 13.7 Å². The van der Waals surface area contributed by atoms with Crippen LogP contribution < -0.4 is 10.5 Å². The molecule has 0 saturated heterocycles. The van der Waals surface area contributed by atoms with E-state index in [1.54, 1.807) is 0 Å². The van der Waals surface area contributed by atoms with Crippen molar-refractivity contribution in [2.45, 2.75) is 0 Å². The fraction of sp³-hybridized carbons (Fsp3) is 0.222. The topological polar surface area (TPSA) is 72.5 Å². The number of rotatable bonds is 3. The quantitative estimate of drug-likeness (QED) is 0.803. The van der Waals surface area contributed by atoms with Crippen molar-refractivity contribution in [1.29, 1.82) is 0 Å². The van der Waals surface area contributed by atoms with Crippen LogP contribution in [0.3, 0.4) is 0 Å². The third-order valence-electron chi connectivity index (χ3n) is 1.75. The van der Waals surface area contributed by atoms with Crippen LogP contribution in [-0.4, -0.2) is 24.5 Å². The summed E-state index contributed by atoms with van der Waals surface area (Å²) in [4.78, 5) is 11.2. The first-order valence-corrected chi connectivity index (χ1v) is 4.69. The Bertz CT molecular complexity index is 365. The van der Waals surface area contributed by atoms with Crippen LogP contribution in [0.25, 0.3) is 0 Å². The van der Waals surface area contributed by atoms with Crippen LogP contribution in [0.15, 0.2) is 16.6 Å². The summed E-state index contributed by atoms with van der Waals surface area (Å²) >= 11 is 3.13. The number of ketones is 1. The molecular weight excluding hydrogens is 250 g/mol. The third kappa shape index (κ3) is 2.05. The van der Waals surface area contributed by atoms with E-state index in [1.807, 2.05) is 0 Å². The third-order valence-corrected chi connectivity index (χ3v) is 2.54. The van der Waals surface area contributed by atoms with E-state index in [9.17, 15) is 9.90 Å². The second kappa shape index (κ2) is 4.43. The van der Waals surface area contributed by atoms with Crippen molar-refractivity contribution in [2.24, 2.45) is 5.73 Å². The van der Waals surface area contributed by atoms with Crippen molar-refractivity contribution in [1.82, 2.24) is 0 Å². The van der Waals surface area contributed by atoms with Gasteiger partial charge in [-0.3, -0.25) is 4.79 Å². The summed E-state index contributed by atoms with van der Waals surface area (Å²) in [5, 5.41) is 9.44. The van der Waals surface area contributed by atoms with Gasteiger partial charge in [0.05, 0.1) is 13.7 Å². The van der Waals surface area contributed by atoms with E-state index in [2.05, 4.69) is 15.9 Å². The van der Waals surface area contributed by atoms with Gasteiger partial charge in [-0.05, 0) is 28.1 Å². The summed E-state index contributed by atoms with van der Waals surface area (Å²) in [7, 11) is 1.45. The Hall–Kier alpha value is -1.07. The van der Waals surface area contributed by atoms with Crippen molar-refractivity contribution in [3.8, 4) is 11.5 Å². The lowest BCUT2D eigenvalue weighted by Gasteiger charge is -2.07. The summed E-state index contributed by atoms with van der Waals surface area (Å²) in [6.07, 6.45) is 0. The van der Waals surface area contributed by atoms with Crippen LogP contribution in [0.4, 0.5) is 0 Å². The SMILES string of the molecule is COc1cc(C(=O)CN)cc(O)c1Br. The average molecular weight is 260 g/mol. The minimum atomic E-state index is -0.244. The predicted molar refractivity (Wildman–Crippen MR) is 55.7 cm³/mol. The predicted octanol–water partition coefficient (Wildman–Crippen LogP) is 1.30. The van der Waals surface area contributed by atoms with Gasteiger partial charge in [0.25, 0.3) is 0 Å². The molecule has 4 nitrogen and oxygen atoms in total. The number of phenols is 1. The number of aromatic hydroxyl groups is 1. The fourth-order valence-electron chi connectivity index (χ4n) is 1.01. The minimum Gasteiger partial charge on any atom is -0.507 e. The Labute approximate surface area is 89.8 Å². The molecule has 5 heteroatoms. The van der Waals surface area contributed by atoms with E-state index >= 15 is 0 Å². The first kappa shape index (κ1) is 11.0. The van der Waals surface area contributed by atoms with Gasteiger partial charge in [0, 0.05) is 5.56 Å². The van der Waals surface area contributed by atoms with Crippen molar-refractivity contribution in [3.63, 3.8) is 0 Å². The van der Waals surface area contributed by atoms with E-state index in [-0.39, 0.29) is 18.1 Å². The van der Waals surface area contributed by atoms with Crippen LogP contribution in [0.2, 0.25) is 0 Å². The number of nitrogens with two attached hydrogens (primary N) is 1. The molecule has 0 spiro atoms. The second-order valence-corrected chi connectivity index (χ2v) is 3.43. The van der Waals surface area contributed by atoms with Gasteiger partial charge < -0.3 is 15.6 Å². The number of carbonyl (C=O) groups excluding carboxylic acids is 1. The van der Waals surface area contributed by atoms with E-state index in [1.165, 1.54) is 19.2 Å². The zero-order valence-electron chi connectivity index (χ0n) is 7.58. The molecule has 1 rings (SSSR count). The fourth-order valence-corrected chi connectivity index (χ4v) is 1.40. The first-order valence-electron chi connectivity index (χ1n) is 3.90. The molecule has 0 aliphatic carbocycles. The van der Waals surface area contributed by atoms with E-state index in [0.717, 1.165) is 0 Å². The highest BCUT2D eigenvalue weighted by atomic mass is 79.9. The maximum atomic E-state index is 11.2. The molecule has 14 heavy (non-hydrogen) atoms. The molecule has 3 N–H and O–H groups in total. The minimum absolute atomic E-state index is 0.0406. The van der Waals surface area contributed by atoms with Gasteiger partial charge in [0.2, 0.25) is 0 Å². The lowest BCUT2D eigenvalue weighted by atomic mass is 10.1. The maximum Gasteiger partial charge on any atom is 0.176 e. The van der Waals surface area contributed by atoms with Gasteiger partial charge >= 0.3 is 0 Å². The van der Waals surface area contributed by atoms with Crippen molar-refractivity contribution >= 4 is 21.7 Å². The smallest absolute Gasteiger partial charge is 0.176 e. The molecule has 0 aliphatic heterocycles. The Morgan fingerprint density at radius 3 is 2.79 bits per heavy atom. The normalized spacial score (nSPS) is 9.93. The second-order valence-electron chi connectivity index (χ2n) is 2.64. The molecule has 1 aromatic carbocycles. The van der Waals surface area contributed by atoms with Crippen LogP contribution in [-0.2, 0) is 0 Å². The number of benzene rings is 1. The summed E-state index contributed by atoms with van der Waals surface area (Å²) in [5.74, 6) is 0.119. The average Bonchev–Trinajstić information content (AvgIpc) is 2.20. The highest BCUT2D eigenvalue weighted by molar-refractivity contribution is 9.10. The van der Waals surface area contributed by atoms with Crippen molar-refractivity contribution < 1.29 is 14.6 Å². The largest absolute Gasteiger partial charge is 0.507 e. The number of hydrogen-bond donors (Lipinski definition) is 2. The number of carbonyl (C=O) groups is 1. The van der Waals surface area contributed by atoms with Gasteiger partial charge in [0.1, 0.15) is 16.0 Å². The molecule has 76 valence electrons. The van der Waals surface area contributed by atoms with Crippen LogP contribution >= 0.6 is 15.9 Å². The highest BCUT2D eigenvalue weighted by Gasteiger charge is 2.12. The van der Waals surface area contributed by atoms with Gasteiger partial charge in [-0.1, -0.05) is 0 Å². The Balaban J connectivity index is 3.22. The molecule has 0 heterocycles. The van der Waals surface area contributed by atoms with E-state index in [0.29, 0.717) is 15.8 Å². The van der Waals surface area contributed by atoms with Gasteiger partial charge in [-0.25, -0.2) is 0 Å². The Morgan fingerprint density at radius 2 is 2.29 bits per heavy atom. The first-order chi connectivity index (χ1) is 6.60. The molecular formula is C9H10BrNO3. The summed E-state index contributed by atoms with van der Waals surface area (Å²) < 4.78 is 5.39. The molecule has 0 bridgehead atoms. The zero-order chi connectivity index (χ0) is 10.7. The van der Waals surface area contributed by atoms with Crippen LogP contribution in [0.1, 0.15) is 10.4 Å². The Kier molecular flexibility index (Phi) is 3.49. The molecule has 0 fully saturated rings. The Morgan fingerprint density at radius 1 is 1.64 bits per heavy atom. The molecule has 0 saturated carbocycles. The lowest BCUT2D eigenvalue weighted by Crippen LogP contribution is -2.13. The summed E-state index contributed by atoms with van der Waals surface area (Å²) in [5.41, 5.74) is 5.54. The highest BCUT2D eigenvalue weighted by Crippen LogP contribution is 2.34. The standard InChI is InChI=1S/C9H10BrNO3/c1-14-8-3-5(7(13)4-11)2-6(12)9(8)10/h2-3,12H,4,11H2,1H3. The zero-order valence-corrected chi connectivity index (χ0v) is 9.17. The van der Waals surface area contributed by atoms with Crippen LogP contribution in [0, 0.1) is 0 Å². The van der Waals surface area contributed by atoms with E-state index < -0.39 is 0 Å². The lowest BCUT2D eigenvalue weighted by molar-refractivity contribution is 0.100. The molecule has 0 aromatic heterocycles. The van der Waals surface area contributed by atoms with E-state index in [4.69, 9.17) is 10.5 Å². The van der Waals surface area contributed by atoms with Gasteiger partial charge in [-0.2, -0.15) is 0 Å². The molecule has 1 aromatic rings. The van der Waals surface area contributed by atoms with Gasteiger partial charge in [-0.15, -0.1) is 0 Å². The van der Waals surface area contributed by atoms with Crippen molar-refractivity contribution in [3.05, 3.63) is 22.2 Å². The number of hydrogen-bond acceptors (Lipinski definition) is 4. The number of phenolic OH excluding ortho intramolecular Hbond substituents is 1. The monoisotopic (exact) mass is 259 g/mol. The number of Topliss-reactive ketones (excluding diaryl/α,β-unsaturated/α-hetero) is 1. The van der Waals surface area contributed by atoms with Gasteiger partial charge in [0.15, 0.2) is 5.78 Å². The molecule has 0 aliphatic rings. The number of methoxy groups -OCH3 is 1. The summed E-state index contributed by atoms with van der Waals surface area (Å²) in [6.45, 7) is -0.0930. The van der Waals surface area contributed by atoms with Crippen LogP contribution in [0.5, 0.6) is 11.5 Å². The molecule has 0 radical (unpaired) electrons.